The van der Waals surface area contributed by atoms with Gasteiger partial charge < -0.3 is 15.4 Å². The predicted molar refractivity (Wildman–Crippen MR) is 97.4 cm³/mol. The van der Waals surface area contributed by atoms with E-state index in [1.54, 1.807) is 0 Å². The molecule has 0 aromatic heterocycles. The second-order valence-corrected chi connectivity index (χ2v) is 5.59. The van der Waals surface area contributed by atoms with E-state index in [-0.39, 0.29) is 12.6 Å². The van der Waals surface area contributed by atoms with Gasteiger partial charge in [-0.1, -0.05) is 35.7 Å². The highest BCUT2D eigenvalue weighted by Gasteiger charge is 2.04. The van der Waals surface area contributed by atoms with Gasteiger partial charge in [0.15, 0.2) is 0 Å². The van der Waals surface area contributed by atoms with E-state index in [2.05, 4.69) is 16.6 Å². The molecule has 2 rings (SSSR count). The molecule has 124 valence electrons. The fourth-order valence-electron chi connectivity index (χ4n) is 2.32. The first kappa shape index (κ1) is 17.4. The molecule has 2 aromatic carbocycles. The van der Waals surface area contributed by atoms with Crippen molar-refractivity contribution >= 4 is 11.7 Å². The zero-order chi connectivity index (χ0) is 17.4. The maximum absolute atomic E-state index is 12.0. The smallest absolute Gasteiger partial charge is 0.319 e. The second-order valence-electron chi connectivity index (χ2n) is 5.59. The maximum Gasteiger partial charge on any atom is 0.319 e. The highest BCUT2D eigenvalue weighted by Crippen LogP contribution is 2.16. The lowest BCUT2D eigenvalue weighted by Gasteiger charge is -2.10. The summed E-state index contributed by atoms with van der Waals surface area (Å²) in [5.41, 5.74) is 4.17. The molecule has 24 heavy (non-hydrogen) atoms. The Balaban J connectivity index is 1.77. The molecule has 0 aliphatic heterocycles. The number of rotatable bonds is 6. The van der Waals surface area contributed by atoms with Gasteiger partial charge in [0.25, 0.3) is 0 Å². The van der Waals surface area contributed by atoms with E-state index >= 15 is 0 Å². The largest absolute Gasteiger partial charge is 0.481 e. The van der Waals surface area contributed by atoms with E-state index in [1.165, 1.54) is 5.56 Å². The van der Waals surface area contributed by atoms with Crippen molar-refractivity contribution in [3.63, 3.8) is 0 Å². The first-order chi connectivity index (χ1) is 11.6. The Morgan fingerprint density at radius 1 is 1.17 bits per heavy atom. The van der Waals surface area contributed by atoms with Crippen LogP contribution < -0.4 is 15.4 Å². The number of urea groups is 1. The summed E-state index contributed by atoms with van der Waals surface area (Å²) in [4.78, 5) is 12.0. The number of hydrogen-bond acceptors (Lipinski definition) is 2. The highest BCUT2D eigenvalue weighted by atomic mass is 16.5. The maximum atomic E-state index is 12.0. The number of aryl methyl sites for hydroxylation is 2. The molecule has 0 bridgehead atoms. The number of nitrogens with one attached hydrogen (secondary N) is 2. The standard InChI is InChI=1S/C20H22N2O2/c1-4-13-24-18-8-6-17(7-9-18)11-12-21-20(23)22-19-10-5-15(2)14-16(19)3/h1,5-10,14H,11-13H2,2-3H3,(H2,21,22,23). The molecule has 2 aromatic rings. The topological polar surface area (TPSA) is 50.4 Å². The Morgan fingerprint density at radius 3 is 2.58 bits per heavy atom. The molecule has 0 saturated heterocycles. The number of benzene rings is 2. The van der Waals surface area contributed by atoms with Gasteiger partial charge in [0.05, 0.1) is 0 Å². The highest BCUT2D eigenvalue weighted by molar-refractivity contribution is 5.90. The van der Waals surface area contributed by atoms with Gasteiger partial charge in [-0.25, -0.2) is 4.79 Å². The quantitative estimate of drug-likeness (QED) is 0.797. The lowest BCUT2D eigenvalue weighted by Crippen LogP contribution is -2.30. The molecule has 0 fully saturated rings. The number of amides is 2. The number of terminal acetylenes is 1. The summed E-state index contributed by atoms with van der Waals surface area (Å²) in [7, 11) is 0. The van der Waals surface area contributed by atoms with Crippen molar-refractivity contribution in [2.45, 2.75) is 20.3 Å². The average molecular weight is 322 g/mol. The van der Waals surface area contributed by atoms with Crippen LogP contribution in [0, 0.1) is 26.2 Å². The molecule has 0 aliphatic rings. The van der Waals surface area contributed by atoms with Gasteiger partial charge in [0.1, 0.15) is 12.4 Å². The van der Waals surface area contributed by atoms with Crippen LogP contribution in [0.2, 0.25) is 0 Å². The summed E-state index contributed by atoms with van der Waals surface area (Å²) in [5.74, 6) is 3.18. The zero-order valence-corrected chi connectivity index (χ0v) is 14.1. The number of anilines is 1. The summed E-state index contributed by atoms with van der Waals surface area (Å²) in [5, 5.41) is 5.73. The van der Waals surface area contributed by atoms with E-state index in [9.17, 15) is 4.79 Å². The number of carbonyl (C=O) groups is 1. The Bertz CT molecular complexity index is 730. The molecular weight excluding hydrogens is 300 g/mol. The molecule has 2 N–H and O–H groups in total. The van der Waals surface area contributed by atoms with Gasteiger partial charge in [0, 0.05) is 12.2 Å². The van der Waals surface area contributed by atoms with Crippen LogP contribution in [-0.4, -0.2) is 19.2 Å². The van der Waals surface area contributed by atoms with Crippen LogP contribution in [0.1, 0.15) is 16.7 Å². The number of ether oxygens (including phenoxy) is 1. The van der Waals surface area contributed by atoms with Crippen molar-refractivity contribution in [1.29, 1.82) is 0 Å². The van der Waals surface area contributed by atoms with E-state index in [0.29, 0.717) is 6.54 Å². The second kappa shape index (κ2) is 8.64. The minimum absolute atomic E-state index is 0.198. The lowest BCUT2D eigenvalue weighted by molar-refractivity contribution is 0.252. The van der Waals surface area contributed by atoms with Gasteiger partial charge in [0.2, 0.25) is 0 Å². The summed E-state index contributed by atoms with van der Waals surface area (Å²) in [6, 6.07) is 13.4. The zero-order valence-electron chi connectivity index (χ0n) is 14.1. The molecule has 0 saturated carbocycles. The average Bonchev–Trinajstić information content (AvgIpc) is 2.57. The molecule has 0 aliphatic carbocycles. The van der Waals surface area contributed by atoms with Crippen LogP contribution >= 0.6 is 0 Å². The van der Waals surface area contributed by atoms with Crippen molar-refractivity contribution < 1.29 is 9.53 Å². The fraction of sp³-hybridized carbons (Fsp3) is 0.250. The van der Waals surface area contributed by atoms with Crippen LogP contribution in [0.15, 0.2) is 42.5 Å². The lowest BCUT2D eigenvalue weighted by atomic mass is 10.1. The van der Waals surface area contributed by atoms with Crippen LogP contribution in [0.3, 0.4) is 0 Å². The normalized spacial score (nSPS) is 9.88. The van der Waals surface area contributed by atoms with Gasteiger partial charge in [-0.05, 0) is 49.6 Å². The van der Waals surface area contributed by atoms with Gasteiger partial charge in [-0.2, -0.15) is 0 Å². The minimum Gasteiger partial charge on any atom is -0.481 e. The third kappa shape index (κ3) is 5.36. The van der Waals surface area contributed by atoms with Crippen LogP contribution in [0.25, 0.3) is 0 Å². The monoisotopic (exact) mass is 322 g/mol. The first-order valence-electron chi connectivity index (χ1n) is 7.86. The molecule has 0 spiro atoms. The molecule has 0 heterocycles. The van der Waals surface area contributed by atoms with Crippen LogP contribution in [0.5, 0.6) is 5.75 Å². The van der Waals surface area contributed by atoms with Gasteiger partial charge in [-0.15, -0.1) is 6.42 Å². The van der Waals surface area contributed by atoms with Gasteiger partial charge in [-0.3, -0.25) is 0 Å². The van der Waals surface area contributed by atoms with Crippen molar-refractivity contribution in [2.75, 3.05) is 18.5 Å². The minimum atomic E-state index is -0.198. The third-order valence-electron chi connectivity index (χ3n) is 3.57. The van der Waals surface area contributed by atoms with E-state index in [1.807, 2.05) is 56.3 Å². The summed E-state index contributed by atoms with van der Waals surface area (Å²) in [6.45, 7) is 4.83. The summed E-state index contributed by atoms with van der Waals surface area (Å²) in [6.07, 6.45) is 5.90. The Labute approximate surface area is 143 Å². The predicted octanol–water partition coefficient (Wildman–Crippen LogP) is 3.68. The SMILES string of the molecule is C#CCOc1ccc(CCNC(=O)Nc2ccc(C)cc2C)cc1. The molecule has 4 nitrogen and oxygen atoms in total. The van der Waals surface area contributed by atoms with Crippen molar-refractivity contribution in [3.8, 4) is 18.1 Å². The molecular formula is C20H22N2O2. The van der Waals surface area contributed by atoms with Gasteiger partial charge >= 0.3 is 6.03 Å². The number of hydrogen-bond donors (Lipinski definition) is 2. The first-order valence-corrected chi connectivity index (χ1v) is 7.86. The van der Waals surface area contributed by atoms with Crippen molar-refractivity contribution in [1.82, 2.24) is 5.32 Å². The Morgan fingerprint density at radius 2 is 1.92 bits per heavy atom. The third-order valence-corrected chi connectivity index (χ3v) is 3.57. The van der Waals surface area contributed by atoms with Crippen LogP contribution in [-0.2, 0) is 6.42 Å². The molecule has 4 heteroatoms. The van der Waals surface area contributed by atoms with Crippen molar-refractivity contribution in [3.05, 3.63) is 59.2 Å². The molecule has 0 atom stereocenters. The Hall–Kier alpha value is -2.93. The van der Waals surface area contributed by atoms with E-state index < -0.39 is 0 Å². The fourth-order valence-corrected chi connectivity index (χ4v) is 2.32. The van der Waals surface area contributed by atoms with E-state index in [4.69, 9.17) is 11.2 Å². The molecule has 0 unspecified atom stereocenters. The molecule has 2 amide bonds. The molecule has 0 radical (unpaired) electrons. The summed E-state index contributed by atoms with van der Waals surface area (Å²) >= 11 is 0. The summed E-state index contributed by atoms with van der Waals surface area (Å²) < 4.78 is 5.32. The van der Waals surface area contributed by atoms with Crippen LogP contribution in [0.4, 0.5) is 10.5 Å². The number of carbonyl (C=O) groups excluding carboxylic acids is 1. The Kier molecular flexibility index (Phi) is 6.27. The van der Waals surface area contributed by atoms with Crippen molar-refractivity contribution in [2.24, 2.45) is 0 Å². The van der Waals surface area contributed by atoms with E-state index in [0.717, 1.165) is 29.0 Å².